The molecule has 3 nitrogen and oxygen atoms in total. The molecule has 0 unspecified atom stereocenters. The monoisotopic (exact) mass is 173 g/mol. The average Bonchev–Trinajstić information content (AvgIpc) is 1.85. The van der Waals surface area contributed by atoms with Gasteiger partial charge in [0.2, 0.25) is 10.0 Å². The van der Waals surface area contributed by atoms with Gasteiger partial charge in [-0.05, 0) is 19.1 Å². The lowest BCUT2D eigenvalue weighted by atomic mass is 10.4. The molecule has 0 radical (unpaired) electrons. The molecule has 0 rings (SSSR count). The van der Waals surface area contributed by atoms with Crippen molar-refractivity contribution in [3.8, 4) is 0 Å². The van der Waals surface area contributed by atoms with E-state index in [1.807, 2.05) is 0 Å². The van der Waals surface area contributed by atoms with E-state index >= 15 is 0 Å². The Morgan fingerprint density at radius 2 is 2.09 bits per heavy atom. The Bertz CT molecular complexity index is 286. The molecule has 0 atom stereocenters. The van der Waals surface area contributed by atoms with Gasteiger partial charge in [-0.2, -0.15) is 0 Å². The third-order valence-electron chi connectivity index (χ3n) is 0.942. The van der Waals surface area contributed by atoms with Gasteiger partial charge >= 0.3 is 0 Å². The molecule has 0 heterocycles. The van der Waals surface area contributed by atoms with Crippen LogP contribution in [0.15, 0.2) is 35.8 Å². The van der Waals surface area contributed by atoms with E-state index in [-0.39, 0.29) is 4.91 Å². The van der Waals surface area contributed by atoms with Crippen LogP contribution < -0.4 is 5.14 Å². The lowest BCUT2D eigenvalue weighted by Gasteiger charge is -1.94. The Hall–Kier alpha value is -0.870. The van der Waals surface area contributed by atoms with Crippen LogP contribution in [0.5, 0.6) is 0 Å². The topological polar surface area (TPSA) is 60.2 Å². The highest BCUT2D eigenvalue weighted by atomic mass is 32.2. The van der Waals surface area contributed by atoms with Gasteiger partial charge in [-0.15, -0.1) is 0 Å². The SMILES string of the molecule is C=C/C=C(\C=C/C)S(N)(=O)=O. The molecule has 0 aromatic carbocycles. The third-order valence-corrected chi connectivity index (χ3v) is 1.87. The fourth-order valence-electron chi connectivity index (χ4n) is 0.526. The molecule has 11 heavy (non-hydrogen) atoms. The van der Waals surface area contributed by atoms with Crippen molar-refractivity contribution in [3.05, 3.63) is 35.8 Å². The van der Waals surface area contributed by atoms with E-state index in [4.69, 9.17) is 5.14 Å². The molecule has 0 saturated heterocycles. The molecular weight excluding hydrogens is 162 g/mol. The van der Waals surface area contributed by atoms with Gasteiger partial charge in [-0.1, -0.05) is 18.7 Å². The van der Waals surface area contributed by atoms with Crippen LogP contribution in [0.2, 0.25) is 0 Å². The molecule has 0 aliphatic heterocycles. The Morgan fingerprint density at radius 1 is 1.55 bits per heavy atom. The molecule has 62 valence electrons. The van der Waals surface area contributed by atoms with Crippen LogP contribution in [0, 0.1) is 0 Å². The van der Waals surface area contributed by atoms with Gasteiger partial charge in [-0.3, -0.25) is 0 Å². The van der Waals surface area contributed by atoms with Gasteiger partial charge in [0.15, 0.2) is 0 Å². The van der Waals surface area contributed by atoms with E-state index in [2.05, 4.69) is 6.58 Å². The maximum atomic E-state index is 10.7. The van der Waals surface area contributed by atoms with E-state index in [9.17, 15) is 8.42 Å². The number of hydrogen-bond acceptors (Lipinski definition) is 2. The fourth-order valence-corrected chi connectivity index (χ4v) is 1.14. The van der Waals surface area contributed by atoms with Gasteiger partial charge in [0.1, 0.15) is 0 Å². The van der Waals surface area contributed by atoms with Gasteiger partial charge in [-0.25, -0.2) is 13.6 Å². The van der Waals surface area contributed by atoms with Crippen molar-refractivity contribution < 1.29 is 8.42 Å². The molecule has 0 saturated carbocycles. The van der Waals surface area contributed by atoms with Crippen LogP contribution in [-0.2, 0) is 10.0 Å². The second-order valence-corrected chi connectivity index (χ2v) is 3.41. The fraction of sp³-hybridized carbons (Fsp3) is 0.143. The first-order valence-electron chi connectivity index (χ1n) is 3.00. The second kappa shape index (κ2) is 4.10. The Labute approximate surface area is 67.0 Å². The maximum absolute atomic E-state index is 10.7. The third kappa shape index (κ3) is 3.75. The second-order valence-electron chi connectivity index (χ2n) is 1.85. The highest BCUT2D eigenvalue weighted by molar-refractivity contribution is 7.93. The highest BCUT2D eigenvalue weighted by Crippen LogP contribution is 2.02. The van der Waals surface area contributed by atoms with Gasteiger partial charge in [0.05, 0.1) is 4.91 Å². The zero-order valence-corrected chi connectivity index (χ0v) is 7.14. The summed E-state index contributed by atoms with van der Waals surface area (Å²) >= 11 is 0. The Kier molecular flexibility index (Phi) is 3.78. The van der Waals surface area contributed by atoms with Crippen molar-refractivity contribution in [2.45, 2.75) is 6.92 Å². The first kappa shape index (κ1) is 10.1. The molecule has 4 heteroatoms. The summed E-state index contributed by atoms with van der Waals surface area (Å²) in [7, 11) is -3.59. The summed E-state index contributed by atoms with van der Waals surface area (Å²) in [5, 5.41) is 4.86. The highest BCUT2D eigenvalue weighted by Gasteiger charge is 2.05. The standard InChI is InChI=1S/C7H11NO2S/c1-3-5-7(6-4-2)11(8,9)10/h3-6H,1H2,2H3,(H2,8,9,10)/b6-4-,7-5+. The normalized spacial score (nSPS) is 13.8. The van der Waals surface area contributed by atoms with Crippen molar-refractivity contribution in [1.82, 2.24) is 0 Å². The smallest absolute Gasteiger partial charge is 0.225 e. The molecule has 0 bridgehead atoms. The predicted octanol–water partition coefficient (Wildman–Crippen LogP) is 0.921. The van der Waals surface area contributed by atoms with E-state index in [0.29, 0.717) is 0 Å². The maximum Gasteiger partial charge on any atom is 0.238 e. The quantitative estimate of drug-likeness (QED) is 0.645. The number of allylic oxidation sites excluding steroid dienone is 4. The van der Waals surface area contributed by atoms with E-state index < -0.39 is 10.0 Å². The van der Waals surface area contributed by atoms with Gasteiger partial charge < -0.3 is 0 Å². The lowest BCUT2D eigenvalue weighted by Crippen LogP contribution is -2.13. The molecule has 0 aliphatic carbocycles. The number of sulfonamides is 1. The van der Waals surface area contributed by atoms with Crippen LogP contribution >= 0.6 is 0 Å². The van der Waals surface area contributed by atoms with Gasteiger partial charge in [0.25, 0.3) is 0 Å². The zero-order chi connectivity index (χ0) is 8.91. The minimum atomic E-state index is -3.59. The zero-order valence-electron chi connectivity index (χ0n) is 6.32. The molecule has 0 aliphatic rings. The summed E-state index contributed by atoms with van der Waals surface area (Å²) < 4.78 is 21.4. The van der Waals surface area contributed by atoms with Crippen LogP contribution in [0.4, 0.5) is 0 Å². The van der Waals surface area contributed by atoms with Crippen molar-refractivity contribution in [2.75, 3.05) is 0 Å². The molecule has 0 fully saturated rings. The number of hydrogen-bond donors (Lipinski definition) is 1. The molecule has 0 amide bonds. The molecule has 0 aromatic heterocycles. The molecule has 0 spiro atoms. The van der Waals surface area contributed by atoms with Crippen LogP contribution in [-0.4, -0.2) is 8.42 Å². The van der Waals surface area contributed by atoms with Crippen molar-refractivity contribution in [3.63, 3.8) is 0 Å². The summed E-state index contributed by atoms with van der Waals surface area (Å²) in [6.45, 7) is 5.08. The van der Waals surface area contributed by atoms with E-state index in [1.54, 1.807) is 13.0 Å². The van der Waals surface area contributed by atoms with Crippen molar-refractivity contribution >= 4 is 10.0 Å². The molecular formula is C7H11NO2S. The van der Waals surface area contributed by atoms with Crippen molar-refractivity contribution in [1.29, 1.82) is 0 Å². The molecule has 2 N–H and O–H groups in total. The Morgan fingerprint density at radius 3 is 2.36 bits per heavy atom. The van der Waals surface area contributed by atoms with Crippen molar-refractivity contribution in [2.24, 2.45) is 5.14 Å². The summed E-state index contributed by atoms with van der Waals surface area (Å²) in [6.07, 6.45) is 5.73. The van der Waals surface area contributed by atoms with Crippen LogP contribution in [0.3, 0.4) is 0 Å². The van der Waals surface area contributed by atoms with Crippen LogP contribution in [0.1, 0.15) is 6.92 Å². The van der Waals surface area contributed by atoms with E-state index in [1.165, 1.54) is 18.2 Å². The summed E-state index contributed by atoms with van der Waals surface area (Å²) in [4.78, 5) is 0.0648. The average molecular weight is 173 g/mol. The van der Waals surface area contributed by atoms with Gasteiger partial charge in [0, 0.05) is 0 Å². The predicted molar refractivity (Wildman–Crippen MR) is 46.2 cm³/mol. The largest absolute Gasteiger partial charge is 0.238 e. The number of rotatable bonds is 3. The minimum Gasteiger partial charge on any atom is -0.225 e. The number of primary sulfonamides is 1. The number of nitrogens with two attached hydrogens (primary N) is 1. The van der Waals surface area contributed by atoms with E-state index in [0.717, 1.165) is 0 Å². The lowest BCUT2D eigenvalue weighted by molar-refractivity contribution is 0.604. The first-order valence-corrected chi connectivity index (χ1v) is 4.55. The summed E-state index contributed by atoms with van der Waals surface area (Å²) in [5.74, 6) is 0. The Balaban J connectivity index is 4.93. The first-order chi connectivity index (χ1) is 5.02. The minimum absolute atomic E-state index is 0.0648. The summed E-state index contributed by atoms with van der Waals surface area (Å²) in [6, 6.07) is 0. The molecule has 0 aromatic rings. The summed E-state index contributed by atoms with van der Waals surface area (Å²) in [5.41, 5.74) is 0. The van der Waals surface area contributed by atoms with Crippen LogP contribution in [0.25, 0.3) is 0 Å².